The number of alkyl halides is 2. The number of hydrogen-bond acceptors (Lipinski definition) is 3. The first kappa shape index (κ1) is 13.4. The SMILES string of the molecule is CCOC(=O)C(F)(F)OC1CCC(C)CC1. The monoisotopic (exact) mass is 236 g/mol. The highest BCUT2D eigenvalue weighted by atomic mass is 19.3. The fourth-order valence-electron chi connectivity index (χ4n) is 1.82. The molecule has 94 valence electrons. The Bertz CT molecular complexity index is 235. The maximum Gasteiger partial charge on any atom is 0.456 e. The summed E-state index contributed by atoms with van der Waals surface area (Å²) in [5, 5.41) is 0. The van der Waals surface area contributed by atoms with Gasteiger partial charge in [0.1, 0.15) is 0 Å². The molecule has 0 radical (unpaired) electrons. The molecular formula is C11H18F2O3. The van der Waals surface area contributed by atoms with E-state index in [-0.39, 0.29) is 6.61 Å². The average molecular weight is 236 g/mol. The van der Waals surface area contributed by atoms with Crippen molar-refractivity contribution in [1.82, 2.24) is 0 Å². The lowest BCUT2D eigenvalue weighted by Crippen LogP contribution is -2.38. The molecule has 1 rings (SSSR count). The summed E-state index contributed by atoms with van der Waals surface area (Å²) in [6.45, 7) is 3.50. The average Bonchev–Trinajstić information content (AvgIpc) is 2.21. The number of hydrogen-bond donors (Lipinski definition) is 0. The summed E-state index contributed by atoms with van der Waals surface area (Å²) in [5.74, 6) is -1.04. The molecular weight excluding hydrogens is 218 g/mol. The first-order chi connectivity index (χ1) is 7.45. The molecule has 0 saturated heterocycles. The van der Waals surface area contributed by atoms with Gasteiger partial charge < -0.3 is 9.47 Å². The zero-order valence-corrected chi connectivity index (χ0v) is 9.67. The molecule has 0 atom stereocenters. The summed E-state index contributed by atoms with van der Waals surface area (Å²) in [6.07, 6.45) is -1.45. The summed E-state index contributed by atoms with van der Waals surface area (Å²) in [4.78, 5) is 10.9. The van der Waals surface area contributed by atoms with Crippen molar-refractivity contribution in [1.29, 1.82) is 0 Å². The summed E-state index contributed by atoms with van der Waals surface area (Å²) < 4.78 is 35.2. The predicted octanol–water partition coefficient (Wildman–Crippen LogP) is 2.74. The summed E-state index contributed by atoms with van der Waals surface area (Å²) in [5.41, 5.74) is 0. The normalized spacial score (nSPS) is 26.5. The van der Waals surface area contributed by atoms with Crippen LogP contribution < -0.4 is 0 Å². The molecule has 16 heavy (non-hydrogen) atoms. The largest absolute Gasteiger partial charge is 0.460 e. The number of rotatable bonds is 4. The Hall–Kier alpha value is -0.710. The first-order valence-electron chi connectivity index (χ1n) is 5.68. The van der Waals surface area contributed by atoms with Gasteiger partial charge in [0.25, 0.3) is 0 Å². The van der Waals surface area contributed by atoms with Crippen LogP contribution in [-0.2, 0) is 14.3 Å². The van der Waals surface area contributed by atoms with E-state index < -0.39 is 18.2 Å². The molecule has 0 aliphatic heterocycles. The molecule has 5 heteroatoms. The van der Waals surface area contributed by atoms with Crippen molar-refractivity contribution in [3.63, 3.8) is 0 Å². The van der Waals surface area contributed by atoms with Gasteiger partial charge in [0.2, 0.25) is 0 Å². The van der Waals surface area contributed by atoms with Crippen molar-refractivity contribution >= 4 is 5.97 Å². The van der Waals surface area contributed by atoms with Gasteiger partial charge in [0.05, 0.1) is 12.7 Å². The highest BCUT2D eigenvalue weighted by Crippen LogP contribution is 2.30. The van der Waals surface area contributed by atoms with E-state index in [1.165, 1.54) is 6.92 Å². The molecule has 0 aromatic rings. The maximum absolute atomic E-state index is 13.2. The van der Waals surface area contributed by atoms with Gasteiger partial charge in [-0.05, 0) is 38.5 Å². The Morgan fingerprint density at radius 3 is 2.38 bits per heavy atom. The maximum atomic E-state index is 13.2. The van der Waals surface area contributed by atoms with Gasteiger partial charge in [-0.3, -0.25) is 0 Å². The van der Waals surface area contributed by atoms with E-state index in [9.17, 15) is 13.6 Å². The van der Waals surface area contributed by atoms with Crippen LogP contribution in [0.5, 0.6) is 0 Å². The van der Waals surface area contributed by atoms with Gasteiger partial charge in [-0.1, -0.05) is 6.92 Å². The van der Waals surface area contributed by atoms with Crippen molar-refractivity contribution in [3.8, 4) is 0 Å². The Balaban J connectivity index is 2.42. The van der Waals surface area contributed by atoms with Crippen LogP contribution in [0.3, 0.4) is 0 Å². The van der Waals surface area contributed by atoms with Crippen LogP contribution >= 0.6 is 0 Å². The summed E-state index contributed by atoms with van der Waals surface area (Å²) in [6, 6.07) is 0. The van der Waals surface area contributed by atoms with Crippen LogP contribution in [0.2, 0.25) is 0 Å². The van der Waals surface area contributed by atoms with E-state index >= 15 is 0 Å². The molecule has 0 aromatic heterocycles. The Kier molecular flexibility index (Phi) is 4.65. The fourth-order valence-corrected chi connectivity index (χ4v) is 1.82. The minimum absolute atomic E-state index is 0.0700. The van der Waals surface area contributed by atoms with E-state index in [4.69, 9.17) is 0 Å². The van der Waals surface area contributed by atoms with Gasteiger partial charge in [-0.2, -0.15) is 8.78 Å². The highest BCUT2D eigenvalue weighted by Gasteiger charge is 2.44. The number of carbonyl (C=O) groups is 1. The van der Waals surface area contributed by atoms with E-state index in [0.29, 0.717) is 18.8 Å². The fraction of sp³-hybridized carbons (Fsp3) is 0.909. The molecule has 3 nitrogen and oxygen atoms in total. The molecule has 1 aliphatic rings. The van der Waals surface area contributed by atoms with E-state index in [2.05, 4.69) is 16.4 Å². The lowest BCUT2D eigenvalue weighted by atomic mass is 9.89. The molecule has 0 spiro atoms. The zero-order chi connectivity index (χ0) is 12.2. The van der Waals surface area contributed by atoms with E-state index in [0.717, 1.165) is 12.8 Å². The van der Waals surface area contributed by atoms with Gasteiger partial charge in [-0.25, -0.2) is 4.79 Å². The lowest BCUT2D eigenvalue weighted by molar-refractivity contribution is -0.269. The zero-order valence-electron chi connectivity index (χ0n) is 9.67. The van der Waals surface area contributed by atoms with Crippen LogP contribution in [0.25, 0.3) is 0 Å². The standard InChI is InChI=1S/C11H18F2O3/c1-3-15-10(14)11(12,13)16-9-6-4-8(2)5-7-9/h8-9H,3-7H2,1-2H3. The molecule has 1 fully saturated rings. The lowest BCUT2D eigenvalue weighted by Gasteiger charge is -2.28. The third kappa shape index (κ3) is 3.70. The van der Waals surface area contributed by atoms with Crippen molar-refractivity contribution in [2.45, 2.75) is 51.7 Å². The van der Waals surface area contributed by atoms with E-state index in [1.54, 1.807) is 0 Å². The molecule has 0 heterocycles. The molecule has 1 saturated carbocycles. The van der Waals surface area contributed by atoms with Crippen LogP contribution in [0.4, 0.5) is 8.78 Å². The molecule has 0 amide bonds. The van der Waals surface area contributed by atoms with Crippen LogP contribution in [-0.4, -0.2) is 24.8 Å². The van der Waals surface area contributed by atoms with Gasteiger partial charge >= 0.3 is 12.1 Å². The third-order valence-electron chi connectivity index (χ3n) is 2.79. The van der Waals surface area contributed by atoms with Crippen LogP contribution in [0, 0.1) is 5.92 Å². The minimum atomic E-state index is -3.80. The Morgan fingerprint density at radius 1 is 1.31 bits per heavy atom. The third-order valence-corrected chi connectivity index (χ3v) is 2.79. The number of ether oxygens (including phenoxy) is 2. The Morgan fingerprint density at radius 2 is 1.88 bits per heavy atom. The molecule has 1 aliphatic carbocycles. The highest BCUT2D eigenvalue weighted by molar-refractivity contribution is 5.75. The van der Waals surface area contributed by atoms with Crippen molar-refractivity contribution in [2.24, 2.45) is 5.92 Å². The van der Waals surface area contributed by atoms with Crippen molar-refractivity contribution in [2.75, 3.05) is 6.61 Å². The second kappa shape index (κ2) is 5.57. The smallest absolute Gasteiger partial charge is 0.456 e. The Labute approximate surface area is 94.1 Å². The molecule has 0 N–H and O–H groups in total. The van der Waals surface area contributed by atoms with Crippen LogP contribution in [0.1, 0.15) is 39.5 Å². The second-order valence-electron chi connectivity index (χ2n) is 4.24. The summed E-state index contributed by atoms with van der Waals surface area (Å²) >= 11 is 0. The number of halogens is 2. The van der Waals surface area contributed by atoms with Crippen molar-refractivity contribution < 1.29 is 23.0 Å². The quantitative estimate of drug-likeness (QED) is 0.704. The van der Waals surface area contributed by atoms with E-state index in [1.807, 2.05) is 0 Å². The minimum Gasteiger partial charge on any atom is -0.460 e. The molecule has 0 aromatic carbocycles. The summed E-state index contributed by atoms with van der Waals surface area (Å²) in [7, 11) is 0. The van der Waals surface area contributed by atoms with Gasteiger partial charge in [0, 0.05) is 0 Å². The predicted molar refractivity (Wildman–Crippen MR) is 54.1 cm³/mol. The topological polar surface area (TPSA) is 35.5 Å². The van der Waals surface area contributed by atoms with Crippen molar-refractivity contribution in [3.05, 3.63) is 0 Å². The number of esters is 1. The second-order valence-corrected chi connectivity index (χ2v) is 4.24. The number of carbonyl (C=O) groups excluding carboxylic acids is 1. The molecule has 0 bridgehead atoms. The van der Waals surface area contributed by atoms with Gasteiger partial charge in [0.15, 0.2) is 0 Å². The molecule has 0 unspecified atom stereocenters. The van der Waals surface area contributed by atoms with Gasteiger partial charge in [-0.15, -0.1) is 0 Å². The van der Waals surface area contributed by atoms with Crippen LogP contribution in [0.15, 0.2) is 0 Å². The first-order valence-corrected chi connectivity index (χ1v) is 5.68.